The SMILES string of the molecule is O=S(=O)(Cl)c1ccc(-c2ccccc2F)s1. The molecular formula is C10H6ClFO2S2. The van der Waals surface area contributed by atoms with E-state index in [1.54, 1.807) is 24.3 Å². The summed E-state index contributed by atoms with van der Waals surface area (Å²) >= 11 is 0.947. The first-order valence-electron chi connectivity index (χ1n) is 4.28. The Morgan fingerprint density at radius 1 is 1.12 bits per heavy atom. The summed E-state index contributed by atoms with van der Waals surface area (Å²) in [5, 5.41) is 0. The summed E-state index contributed by atoms with van der Waals surface area (Å²) in [6.07, 6.45) is 0. The van der Waals surface area contributed by atoms with Crippen LogP contribution in [0.5, 0.6) is 0 Å². The van der Waals surface area contributed by atoms with E-state index in [0.717, 1.165) is 11.3 Å². The highest BCUT2D eigenvalue weighted by atomic mass is 35.7. The lowest BCUT2D eigenvalue weighted by Gasteiger charge is -1.97. The van der Waals surface area contributed by atoms with Gasteiger partial charge in [0.1, 0.15) is 10.0 Å². The summed E-state index contributed by atoms with van der Waals surface area (Å²) in [4.78, 5) is 0.539. The first-order valence-corrected chi connectivity index (χ1v) is 7.40. The molecule has 0 aliphatic heterocycles. The van der Waals surface area contributed by atoms with E-state index in [0.29, 0.717) is 10.4 Å². The van der Waals surface area contributed by atoms with Crippen LogP contribution in [0.25, 0.3) is 10.4 Å². The van der Waals surface area contributed by atoms with E-state index in [2.05, 4.69) is 0 Å². The molecule has 1 heterocycles. The Kier molecular flexibility index (Phi) is 3.01. The van der Waals surface area contributed by atoms with Gasteiger partial charge in [0.05, 0.1) is 0 Å². The predicted molar refractivity (Wildman–Crippen MR) is 62.8 cm³/mol. The summed E-state index contributed by atoms with van der Waals surface area (Å²) in [7, 11) is 1.45. The third-order valence-electron chi connectivity index (χ3n) is 1.96. The monoisotopic (exact) mass is 276 g/mol. The Hall–Kier alpha value is -0.910. The van der Waals surface area contributed by atoms with Crippen LogP contribution in [0.3, 0.4) is 0 Å². The van der Waals surface area contributed by atoms with Gasteiger partial charge in [-0.2, -0.15) is 0 Å². The second-order valence-corrected chi connectivity index (χ2v) is 6.91. The van der Waals surface area contributed by atoms with Crippen LogP contribution < -0.4 is 0 Å². The van der Waals surface area contributed by atoms with Gasteiger partial charge in [0.15, 0.2) is 0 Å². The maximum absolute atomic E-state index is 13.4. The molecule has 0 spiro atoms. The van der Waals surface area contributed by atoms with Gasteiger partial charge in [-0.1, -0.05) is 18.2 Å². The molecule has 0 aliphatic rings. The van der Waals surface area contributed by atoms with Crippen LogP contribution in [-0.2, 0) is 9.05 Å². The number of benzene rings is 1. The third kappa shape index (κ3) is 2.26. The molecule has 0 saturated carbocycles. The molecule has 16 heavy (non-hydrogen) atoms. The summed E-state index contributed by atoms with van der Waals surface area (Å²) < 4.78 is 35.5. The van der Waals surface area contributed by atoms with Crippen LogP contribution in [0.1, 0.15) is 0 Å². The zero-order chi connectivity index (χ0) is 11.8. The van der Waals surface area contributed by atoms with Crippen molar-refractivity contribution >= 4 is 31.1 Å². The molecule has 84 valence electrons. The van der Waals surface area contributed by atoms with Crippen molar-refractivity contribution in [2.24, 2.45) is 0 Å². The summed E-state index contributed by atoms with van der Waals surface area (Å²) in [5.74, 6) is -0.386. The van der Waals surface area contributed by atoms with Crippen molar-refractivity contribution < 1.29 is 12.8 Å². The lowest BCUT2D eigenvalue weighted by atomic mass is 10.2. The molecule has 0 radical (unpaired) electrons. The molecule has 0 N–H and O–H groups in total. The number of hydrogen-bond acceptors (Lipinski definition) is 3. The van der Waals surface area contributed by atoms with Crippen molar-refractivity contribution in [2.75, 3.05) is 0 Å². The zero-order valence-electron chi connectivity index (χ0n) is 7.85. The van der Waals surface area contributed by atoms with E-state index in [4.69, 9.17) is 10.7 Å². The van der Waals surface area contributed by atoms with Gasteiger partial charge >= 0.3 is 0 Å². The Labute approximate surface area is 101 Å². The molecule has 0 aliphatic carbocycles. The topological polar surface area (TPSA) is 34.1 Å². The standard InChI is InChI=1S/C10H6ClFO2S2/c11-16(13,14)10-6-5-9(15-10)7-3-1-2-4-8(7)12/h1-6H. The number of hydrogen-bond donors (Lipinski definition) is 0. The smallest absolute Gasteiger partial charge is 0.206 e. The van der Waals surface area contributed by atoms with E-state index < -0.39 is 9.05 Å². The van der Waals surface area contributed by atoms with Gasteiger partial charge < -0.3 is 0 Å². The van der Waals surface area contributed by atoms with Crippen LogP contribution >= 0.6 is 22.0 Å². The largest absolute Gasteiger partial charge is 0.270 e. The van der Waals surface area contributed by atoms with Crippen molar-refractivity contribution in [3.8, 4) is 10.4 Å². The Bertz CT molecular complexity index is 619. The van der Waals surface area contributed by atoms with E-state index >= 15 is 0 Å². The molecule has 1 aromatic heterocycles. The van der Waals surface area contributed by atoms with Crippen molar-refractivity contribution in [1.29, 1.82) is 0 Å². The van der Waals surface area contributed by atoms with Gasteiger partial charge in [-0.15, -0.1) is 11.3 Å². The number of halogens is 2. The fourth-order valence-corrected chi connectivity index (χ4v) is 3.36. The summed E-state index contributed by atoms with van der Waals surface area (Å²) in [5.41, 5.74) is 0.374. The lowest BCUT2D eigenvalue weighted by Crippen LogP contribution is -1.83. The van der Waals surface area contributed by atoms with Crippen LogP contribution in [-0.4, -0.2) is 8.42 Å². The minimum absolute atomic E-state index is 0.0208. The molecule has 0 atom stereocenters. The minimum Gasteiger partial charge on any atom is -0.206 e. The Balaban J connectivity index is 2.52. The van der Waals surface area contributed by atoms with E-state index in [1.165, 1.54) is 12.1 Å². The van der Waals surface area contributed by atoms with Gasteiger partial charge in [0, 0.05) is 21.1 Å². The molecule has 0 fully saturated rings. The maximum atomic E-state index is 13.4. The van der Waals surface area contributed by atoms with Gasteiger partial charge in [-0.25, -0.2) is 12.8 Å². The van der Waals surface area contributed by atoms with Gasteiger partial charge in [-0.3, -0.25) is 0 Å². The highest BCUT2D eigenvalue weighted by molar-refractivity contribution is 8.15. The fraction of sp³-hybridized carbons (Fsp3) is 0. The zero-order valence-corrected chi connectivity index (χ0v) is 10.2. The average molecular weight is 277 g/mol. The quantitative estimate of drug-likeness (QED) is 0.787. The van der Waals surface area contributed by atoms with E-state index in [-0.39, 0.29) is 10.0 Å². The predicted octanol–water partition coefficient (Wildman–Crippen LogP) is 3.48. The van der Waals surface area contributed by atoms with Crippen LogP contribution in [0, 0.1) is 5.82 Å². The van der Waals surface area contributed by atoms with Crippen LogP contribution in [0.15, 0.2) is 40.6 Å². The normalized spacial score (nSPS) is 11.6. The van der Waals surface area contributed by atoms with Gasteiger partial charge in [0.25, 0.3) is 9.05 Å². The van der Waals surface area contributed by atoms with Crippen molar-refractivity contribution in [1.82, 2.24) is 0 Å². The number of thiophene rings is 1. The van der Waals surface area contributed by atoms with Crippen LogP contribution in [0.4, 0.5) is 4.39 Å². The highest BCUT2D eigenvalue weighted by Gasteiger charge is 2.15. The van der Waals surface area contributed by atoms with Crippen molar-refractivity contribution in [3.05, 3.63) is 42.2 Å². The fourth-order valence-electron chi connectivity index (χ4n) is 1.26. The molecule has 0 unspecified atom stereocenters. The van der Waals surface area contributed by atoms with Crippen LogP contribution in [0.2, 0.25) is 0 Å². The third-order valence-corrected chi connectivity index (χ3v) is 5.17. The second kappa shape index (κ2) is 4.16. The maximum Gasteiger partial charge on any atom is 0.270 e. The molecule has 2 rings (SSSR count). The first-order chi connectivity index (χ1) is 7.48. The molecule has 6 heteroatoms. The minimum atomic E-state index is -3.73. The molecule has 1 aromatic carbocycles. The van der Waals surface area contributed by atoms with Crippen molar-refractivity contribution in [3.63, 3.8) is 0 Å². The lowest BCUT2D eigenvalue weighted by molar-refractivity contribution is 0.611. The summed E-state index contributed by atoms with van der Waals surface area (Å²) in [6.45, 7) is 0. The van der Waals surface area contributed by atoms with Gasteiger partial charge in [0.2, 0.25) is 0 Å². The average Bonchev–Trinajstić information content (AvgIpc) is 2.66. The first kappa shape index (κ1) is 11.6. The second-order valence-electron chi connectivity index (χ2n) is 3.04. The highest BCUT2D eigenvalue weighted by Crippen LogP contribution is 2.33. The van der Waals surface area contributed by atoms with E-state index in [1.807, 2.05) is 0 Å². The van der Waals surface area contributed by atoms with Gasteiger partial charge in [-0.05, 0) is 18.2 Å². The van der Waals surface area contributed by atoms with E-state index in [9.17, 15) is 12.8 Å². The van der Waals surface area contributed by atoms with Crippen molar-refractivity contribution in [2.45, 2.75) is 4.21 Å². The molecule has 2 nitrogen and oxygen atoms in total. The Morgan fingerprint density at radius 3 is 2.38 bits per heavy atom. The molecule has 2 aromatic rings. The number of rotatable bonds is 2. The molecule has 0 bridgehead atoms. The molecule has 0 saturated heterocycles. The molecular weight excluding hydrogens is 271 g/mol. The summed E-state index contributed by atoms with van der Waals surface area (Å²) in [6, 6.07) is 9.08. The molecule has 0 amide bonds. The Morgan fingerprint density at radius 2 is 1.81 bits per heavy atom.